The monoisotopic (exact) mass is 295 g/mol. The SMILES string of the molecule is Cc1cc2nc(-c3ccccc3S(=O)(=O)Cl)cn2[nH]1. The number of aromatic amines is 1. The molecule has 0 saturated heterocycles. The molecule has 0 saturated carbocycles. The van der Waals surface area contributed by atoms with Gasteiger partial charge in [0, 0.05) is 28.0 Å². The summed E-state index contributed by atoms with van der Waals surface area (Å²) >= 11 is 0. The van der Waals surface area contributed by atoms with E-state index in [1.54, 1.807) is 28.9 Å². The van der Waals surface area contributed by atoms with Crippen LogP contribution >= 0.6 is 10.7 Å². The number of aryl methyl sites for hydroxylation is 1. The van der Waals surface area contributed by atoms with Gasteiger partial charge in [-0.05, 0) is 13.0 Å². The summed E-state index contributed by atoms with van der Waals surface area (Å²) in [6.07, 6.45) is 1.74. The smallest absolute Gasteiger partial charge is 0.261 e. The Morgan fingerprint density at radius 2 is 2.05 bits per heavy atom. The van der Waals surface area contributed by atoms with Crippen molar-refractivity contribution in [3.63, 3.8) is 0 Å². The number of halogens is 1. The first-order valence-electron chi connectivity index (χ1n) is 5.54. The van der Waals surface area contributed by atoms with Crippen molar-refractivity contribution in [1.29, 1.82) is 0 Å². The third-order valence-electron chi connectivity index (χ3n) is 2.80. The van der Waals surface area contributed by atoms with Crippen LogP contribution in [-0.2, 0) is 9.05 Å². The van der Waals surface area contributed by atoms with Gasteiger partial charge in [-0.25, -0.2) is 17.9 Å². The van der Waals surface area contributed by atoms with Crippen molar-refractivity contribution in [2.45, 2.75) is 11.8 Å². The van der Waals surface area contributed by atoms with E-state index in [4.69, 9.17) is 10.7 Å². The van der Waals surface area contributed by atoms with E-state index in [-0.39, 0.29) is 4.90 Å². The van der Waals surface area contributed by atoms with Crippen molar-refractivity contribution in [1.82, 2.24) is 14.6 Å². The molecule has 0 spiro atoms. The van der Waals surface area contributed by atoms with Crippen molar-refractivity contribution in [3.05, 3.63) is 42.2 Å². The predicted molar refractivity (Wildman–Crippen MR) is 72.8 cm³/mol. The molecule has 0 bridgehead atoms. The molecule has 2 aromatic heterocycles. The van der Waals surface area contributed by atoms with Crippen LogP contribution in [-0.4, -0.2) is 23.0 Å². The van der Waals surface area contributed by atoms with Crippen molar-refractivity contribution in [2.75, 3.05) is 0 Å². The van der Waals surface area contributed by atoms with E-state index in [0.29, 0.717) is 11.3 Å². The molecule has 7 heteroatoms. The number of nitrogens with zero attached hydrogens (tertiary/aromatic N) is 2. The lowest BCUT2D eigenvalue weighted by Gasteiger charge is -2.02. The van der Waals surface area contributed by atoms with E-state index in [0.717, 1.165) is 11.3 Å². The lowest BCUT2D eigenvalue weighted by atomic mass is 10.2. The van der Waals surface area contributed by atoms with E-state index < -0.39 is 9.05 Å². The zero-order valence-electron chi connectivity index (χ0n) is 9.96. The van der Waals surface area contributed by atoms with Crippen molar-refractivity contribution >= 4 is 25.4 Å². The molecule has 0 unspecified atom stereocenters. The van der Waals surface area contributed by atoms with Crippen LogP contribution in [0.25, 0.3) is 16.9 Å². The van der Waals surface area contributed by atoms with Crippen LogP contribution in [0, 0.1) is 6.92 Å². The van der Waals surface area contributed by atoms with Crippen LogP contribution in [0.1, 0.15) is 5.69 Å². The first-order chi connectivity index (χ1) is 8.95. The Morgan fingerprint density at radius 3 is 2.74 bits per heavy atom. The van der Waals surface area contributed by atoms with Crippen molar-refractivity contribution in [3.8, 4) is 11.3 Å². The normalized spacial score (nSPS) is 12.1. The van der Waals surface area contributed by atoms with Crippen LogP contribution in [0.2, 0.25) is 0 Å². The van der Waals surface area contributed by atoms with Crippen molar-refractivity contribution in [2.24, 2.45) is 0 Å². The van der Waals surface area contributed by atoms with Crippen LogP contribution in [0.3, 0.4) is 0 Å². The standard InChI is InChI=1S/C12H10ClN3O2S/c1-8-6-12-14-10(7-16(12)15-8)9-4-2-3-5-11(9)19(13,17)18/h2-7,15H,1H3. The summed E-state index contributed by atoms with van der Waals surface area (Å²) in [6, 6.07) is 8.41. The Kier molecular flexibility index (Phi) is 2.65. The number of imidazole rings is 1. The number of rotatable bonds is 2. The highest BCUT2D eigenvalue weighted by Crippen LogP contribution is 2.28. The topological polar surface area (TPSA) is 67.2 Å². The zero-order chi connectivity index (χ0) is 13.6. The Balaban J connectivity index is 2.24. The Hall–Kier alpha value is -1.79. The van der Waals surface area contributed by atoms with Crippen molar-refractivity contribution < 1.29 is 8.42 Å². The maximum absolute atomic E-state index is 11.6. The van der Waals surface area contributed by atoms with Gasteiger partial charge in [-0.3, -0.25) is 5.10 Å². The molecule has 5 nitrogen and oxygen atoms in total. The largest absolute Gasteiger partial charge is 0.297 e. The molecule has 2 heterocycles. The number of H-pyrrole nitrogens is 1. The minimum Gasteiger partial charge on any atom is -0.297 e. The van der Waals surface area contributed by atoms with E-state index in [2.05, 4.69) is 10.1 Å². The van der Waals surface area contributed by atoms with Gasteiger partial charge in [0.2, 0.25) is 0 Å². The van der Waals surface area contributed by atoms with Crippen LogP contribution < -0.4 is 0 Å². The van der Waals surface area contributed by atoms with E-state index >= 15 is 0 Å². The zero-order valence-corrected chi connectivity index (χ0v) is 11.5. The fraction of sp³-hybridized carbons (Fsp3) is 0.0833. The van der Waals surface area contributed by atoms with Gasteiger partial charge in [0.1, 0.15) is 0 Å². The van der Waals surface area contributed by atoms with Gasteiger partial charge in [0.05, 0.1) is 16.8 Å². The minimum atomic E-state index is -3.80. The third-order valence-corrected chi connectivity index (χ3v) is 4.18. The second-order valence-corrected chi connectivity index (χ2v) is 6.76. The second kappa shape index (κ2) is 4.11. The quantitative estimate of drug-likeness (QED) is 0.739. The summed E-state index contributed by atoms with van der Waals surface area (Å²) in [5, 5.41) is 3.08. The second-order valence-electron chi connectivity index (χ2n) is 4.23. The fourth-order valence-electron chi connectivity index (χ4n) is 2.02. The summed E-state index contributed by atoms with van der Waals surface area (Å²) in [4.78, 5) is 4.45. The predicted octanol–water partition coefficient (Wildman–Crippen LogP) is 2.57. The maximum atomic E-state index is 11.6. The number of hydrogen-bond acceptors (Lipinski definition) is 3. The summed E-state index contributed by atoms with van der Waals surface area (Å²) < 4.78 is 24.9. The summed E-state index contributed by atoms with van der Waals surface area (Å²) in [5.41, 5.74) is 2.76. The van der Waals surface area contributed by atoms with Gasteiger partial charge in [-0.15, -0.1) is 0 Å². The minimum absolute atomic E-state index is 0.0640. The molecule has 3 rings (SSSR count). The highest BCUT2D eigenvalue weighted by molar-refractivity contribution is 8.13. The lowest BCUT2D eigenvalue weighted by molar-refractivity contribution is 0.610. The number of nitrogens with one attached hydrogen (secondary N) is 1. The van der Waals surface area contributed by atoms with Crippen LogP contribution in [0.5, 0.6) is 0 Å². The van der Waals surface area contributed by atoms with Crippen LogP contribution in [0.4, 0.5) is 0 Å². The van der Waals surface area contributed by atoms with Gasteiger partial charge in [0.25, 0.3) is 9.05 Å². The van der Waals surface area contributed by atoms with E-state index in [9.17, 15) is 8.42 Å². The molecule has 0 radical (unpaired) electrons. The van der Waals surface area contributed by atoms with E-state index in [1.807, 2.05) is 13.0 Å². The Labute approximate surface area is 114 Å². The first kappa shape index (κ1) is 12.3. The highest BCUT2D eigenvalue weighted by atomic mass is 35.7. The average Bonchev–Trinajstić information content (AvgIpc) is 2.85. The first-order valence-corrected chi connectivity index (χ1v) is 7.85. The number of fused-ring (bicyclic) bond motifs is 1. The molecule has 19 heavy (non-hydrogen) atoms. The third kappa shape index (κ3) is 2.13. The van der Waals surface area contributed by atoms with Gasteiger partial charge < -0.3 is 0 Å². The van der Waals surface area contributed by atoms with E-state index in [1.165, 1.54) is 6.07 Å². The molecule has 0 aliphatic rings. The Bertz CT molecular complexity index is 833. The number of benzene rings is 1. The van der Waals surface area contributed by atoms with Gasteiger partial charge in [-0.1, -0.05) is 18.2 Å². The summed E-state index contributed by atoms with van der Waals surface area (Å²) in [5.74, 6) is 0. The molecule has 1 N–H and O–H groups in total. The van der Waals surface area contributed by atoms with Crippen LogP contribution in [0.15, 0.2) is 41.4 Å². The molecule has 1 aromatic carbocycles. The average molecular weight is 296 g/mol. The molecule has 3 aromatic rings. The molecular formula is C12H10ClN3O2S. The number of hydrogen-bond donors (Lipinski definition) is 1. The van der Waals surface area contributed by atoms with Gasteiger partial charge >= 0.3 is 0 Å². The molecule has 98 valence electrons. The lowest BCUT2D eigenvalue weighted by Crippen LogP contribution is -1.94. The van der Waals surface area contributed by atoms with Gasteiger partial charge in [0.15, 0.2) is 5.65 Å². The highest BCUT2D eigenvalue weighted by Gasteiger charge is 2.18. The van der Waals surface area contributed by atoms with Gasteiger partial charge in [-0.2, -0.15) is 0 Å². The summed E-state index contributed by atoms with van der Waals surface area (Å²) in [7, 11) is 1.64. The molecule has 0 fully saturated rings. The summed E-state index contributed by atoms with van der Waals surface area (Å²) in [6.45, 7) is 1.92. The molecule has 0 aliphatic heterocycles. The fourth-order valence-corrected chi connectivity index (χ4v) is 3.10. The molecular weight excluding hydrogens is 286 g/mol. The molecule has 0 atom stereocenters. The maximum Gasteiger partial charge on any atom is 0.261 e. The molecule has 0 aliphatic carbocycles. The Morgan fingerprint density at radius 1 is 1.32 bits per heavy atom. The molecule has 0 amide bonds. The number of aromatic nitrogens is 3.